The van der Waals surface area contributed by atoms with Gasteiger partial charge in [-0.3, -0.25) is 0 Å². The first-order valence-electron chi connectivity index (χ1n) is 13.3. The van der Waals surface area contributed by atoms with Crippen LogP contribution in [0.15, 0.2) is 164 Å². The summed E-state index contributed by atoms with van der Waals surface area (Å²) < 4.78 is 0. The van der Waals surface area contributed by atoms with Crippen molar-refractivity contribution in [3.8, 4) is 5.75 Å². The molecule has 0 aliphatic heterocycles. The van der Waals surface area contributed by atoms with Crippen LogP contribution in [0, 0.1) is 0 Å². The number of phenols is 1. The Balaban J connectivity index is 1.48. The predicted molar refractivity (Wildman–Crippen MR) is 167 cm³/mol. The molecule has 0 aliphatic carbocycles. The molecule has 6 aromatic rings. The normalized spacial score (nSPS) is 10.6. The fourth-order valence-corrected chi connectivity index (χ4v) is 4.87. The van der Waals surface area contributed by atoms with Crippen LogP contribution in [0.25, 0.3) is 0 Å². The number of nitrogens with zero attached hydrogens (tertiary/aromatic N) is 2. The molecule has 6 rings (SSSR count). The van der Waals surface area contributed by atoms with Crippen LogP contribution in [0.3, 0.4) is 0 Å². The number of rotatable bonds is 8. The maximum Gasteiger partial charge on any atom is 0.119 e. The number of hydrogen-bond donors (Lipinski definition) is 2. The molecule has 0 bridgehead atoms. The summed E-state index contributed by atoms with van der Waals surface area (Å²) in [6.07, 6.45) is 0. The van der Waals surface area contributed by atoms with Gasteiger partial charge in [0.1, 0.15) is 5.75 Å². The Labute approximate surface area is 235 Å². The third-order valence-corrected chi connectivity index (χ3v) is 6.61. The van der Waals surface area contributed by atoms with Crippen molar-refractivity contribution >= 4 is 45.5 Å². The van der Waals surface area contributed by atoms with Crippen LogP contribution in [0.5, 0.6) is 5.75 Å². The summed E-state index contributed by atoms with van der Waals surface area (Å²) in [5.41, 5.74) is 7.65. The van der Waals surface area contributed by atoms with Gasteiger partial charge in [0.25, 0.3) is 0 Å². The third-order valence-electron chi connectivity index (χ3n) is 6.61. The van der Waals surface area contributed by atoms with Crippen molar-refractivity contribution in [3.05, 3.63) is 164 Å². The van der Waals surface area contributed by atoms with E-state index in [0.29, 0.717) is 0 Å². The Morgan fingerprint density at radius 2 is 0.750 bits per heavy atom. The molecule has 4 heteroatoms. The molecule has 0 fully saturated rings. The minimum atomic E-state index is 0.184. The average Bonchev–Trinajstić information content (AvgIpc) is 3.00. The molecule has 0 amide bonds. The Bertz CT molecular complexity index is 1630. The lowest BCUT2D eigenvalue weighted by Crippen LogP contribution is -2.13. The number of nitrogens with one attached hydrogen (secondary N) is 1. The van der Waals surface area contributed by atoms with E-state index in [1.165, 1.54) is 0 Å². The molecule has 2 N–H and O–H groups in total. The number of phenolic OH excluding ortho intramolecular Hbond substituents is 1. The zero-order chi connectivity index (χ0) is 27.1. The highest BCUT2D eigenvalue weighted by atomic mass is 16.3. The quantitative estimate of drug-likeness (QED) is 0.210. The van der Waals surface area contributed by atoms with Gasteiger partial charge in [-0.1, -0.05) is 78.9 Å². The highest BCUT2D eigenvalue weighted by Crippen LogP contribution is 2.42. The molecule has 40 heavy (non-hydrogen) atoms. The van der Waals surface area contributed by atoms with Crippen molar-refractivity contribution in [2.75, 3.05) is 15.1 Å². The molecular weight excluding hydrogens is 490 g/mol. The van der Waals surface area contributed by atoms with Crippen LogP contribution >= 0.6 is 0 Å². The molecule has 0 atom stereocenters. The maximum absolute atomic E-state index is 11.1. The second kappa shape index (κ2) is 11.5. The summed E-state index contributed by atoms with van der Waals surface area (Å²) in [7, 11) is 0. The van der Waals surface area contributed by atoms with E-state index >= 15 is 0 Å². The van der Waals surface area contributed by atoms with Gasteiger partial charge in [0.05, 0.1) is 11.4 Å². The lowest BCUT2D eigenvalue weighted by Gasteiger charge is -2.29. The number of aromatic hydroxyl groups is 1. The highest BCUT2D eigenvalue weighted by Gasteiger charge is 2.18. The van der Waals surface area contributed by atoms with Crippen LogP contribution in [0.2, 0.25) is 0 Å². The topological polar surface area (TPSA) is 38.7 Å². The van der Waals surface area contributed by atoms with Gasteiger partial charge < -0.3 is 20.2 Å². The van der Waals surface area contributed by atoms with Crippen LogP contribution in [-0.4, -0.2) is 5.11 Å². The van der Waals surface area contributed by atoms with Crippen LogP contribution in [0.4, 0.5) is 45.5 Å². The summed E-state index contributed by atoms with van der Waals surface area (Å²) in [6, 6.07) is 54.8. The number of hydrogen-bond acceptors (Lipinski definition) is 4. The lowest BCUT2D eigenvalue weighted by molar-refractivity contribution is 0.475. The minimum Gasteiger partial charge on any atom is -0.508 e. The second-order valence-electron chi connectivity index (χ2n) is 9.43. The van der Waals surface area contributed by atoms with E-state index in [1.54, 1.807) is 6.07 Å². The summed E-state index contributed by atoms with van der Waals surface area (Å²) in [5, 5.41) is 14.6. The van der Waals surface area contributed by atoms with Gasteiger partial charge in [0, 0.05) is 46.3 Å². The van der Waals surface area contributed by atoms with Gasteiger partial charge in [-0.2, -0.15) is 0 Å². The van der Waals surface area contributed by atoms with E-state index in [-0.39, 0.29) is 5.75 Å². The van der Waals surface area contributed by atoms with E-state index in [9.17, 15) is 5.11 Å². The van der Waals surface area contributed by atoms with Crippen LogP contribution < -0.4 is 15.1 Å². The molecule has 0 saturated heterocycles. The largest absolute Gasteiger partial charge is 0.508 e. The fourth-order valence-electron chi connectivity index (χ4n) is 4.87. The molecule has 194 valence electrons. The monoisotopic (exact) mass is 519 g/mol. The Morgan fingerprint density at radius 3 is 1.25 bits per heavy atom. The summed E-state index contributed by atoms with van der Waals surface area (Å²) in [5.74, 6) is 0.184. The molecule has 0 aliphatic rings. The van der Waals surface area contributed by atoms with Crippen molar-refractivity contribution in [3.63, 3.8) is 0 Å². The molecule has 0 aromatic heterocycles. The number of benzene rings is 6. The highest BCUT2D eigenvalue weighted by molar-refractivity contribution is 5.85. The molecule has 0 heterocycles. The van der Waals surface area contributed by atoms with Gasteiger partial charge in [-0.15, -0.1) is 0 Å². The van der Waals surface area contributed by atoms with Crippen LogP contribution in [-0.2, 0) is 0 Å². The van der Waals surface area contributed by atoms with Crippen molar-refractivity contribution in [1.82, 2.24) is 0 Å². The van der Waals surface area contributed by atoms with E-state index in [0.717, 1.165) is 45.5 Å². The first-order chi connectivity index (χ1) is 19.7. The number of para-hydroxylation sites is 4. The summed E-state index contributed by atoms with van der Waals surface area (Å²) in [4.78, 5) is 4.31. The van der Waals surface area contributed by atoms with Crippen LogP contribution in [0.1, 0.15) is 0 Å². The maximum atomic E-state index is 11.1. The predicted octanol–water partition coefficient (Wildman–Crippen LogP) is 10.1. The first-order valence-corrected chi connectivity index (χ1v) is 13.3. The SMILES string of the molecule is Oc1cc(N(c2ccccc2)c2ccccc2)cc(N(c2ccccc2)c2cccc(Nc3ccccc3)c2)c1. The van der Waals surface area contributed by atoms with Crippen molar-refractivity contribution < 1.29 is 5.11 Å². The zero-order valence-electron chi connectivity index (χ0n) is 21.9. The van der Waals surface area contributed by atoms with E-state index < -0.39 is 0 Å². The van der Waals surface area contributed by atoms with Gasteiger partial charge >= 0.3 is 0 Å². The minimum absolute atomic E-state index is 0.184. The first kappa shape index (κ1) is 24.8. The van der Waals surface area contributed by atoms with Crippen molar-refractivity contribution in [2.24, 2.45) is 0 Å². The van der Waals surface area contributed by atoms with E-state index in [2.05, 4.69) is 75.8 Å². The number of anilines is 8. The summed E-state index contributed by atoms with van der Waals surface area (Å²) >= 11 is 0. The molecule has 0 radical (unpaired) electrons. The van der Waals surface area contributed by atoms with Gasteiger partial charge in [-0.05, 0) is 72.8 Å². The second-order valence-corrected chi connectivity index (χ2v) is 9.43. The molecule has 4 nitrogen and oxygen atoms in total. The molecule has 0 spiro atoms. The fraction of sp³-hybridized carbons (Fsp3) is 0. The molecular formula is C36H29N3O. The smallest absolute Gasteiger partial charge is 0.119 e. The van der Waals surface area contributed by atoms with E-state index in [1.807, 2.05) is 97.1 Å². The summed E-state index contributed by atoms with van der Waals surface area (Å²) in [6.45, 7) is 0. The van der Waals surface area contributed by atoms with Crippen molar-refractivity contribution in [1.29, 1.82) is 0 Å². The van der Waals surface area contributed by atoms with Gasteiger partial charge in [0.2, 0.25) is 0 Å². The van der Waals surface area contributed by atoms with Crippen molar-refractivity contribution in [2.45, 2.75) is 0 Å². The molecule has 6 aromatic carbocycles. The third kappa shape index (κ3) is 5.52. The Hall–Kier alpha value is -5.48. The Kier molecular flexibility index (Phi) is 7.14. The lowest BCUT2D eigenvalue weighted by atomic mass is 10.1. The van der Waals surface area contributed by atoms with Gasteiger partial charge in [-0.25, -0.2) is 0 Å². The van der Waals surface area contributed by atoms with E-state index in [4.69, 9.17) is 0 Å². The molecule has 0 saturated carbocycles. The zero-order valence-corrected chi connectivity index (χ0v) is 21.9. The molecule has 0 unspecified atom stereocenters. The Morgan fingerprint density at radius 1 is 0.350 bits per heavy atom. The average molecular weight is 520 g/mol. The standard InChI is InChI=1S/C36H29N3O/c40-36-26-34(38(30-17-7-2-8-18-30)31-19-9-3-10-20-31)25-35(27-36)39(32-21-11-4-12-22-32)33-23-13-16-29(24-33)37-28-14-5-1-6-15-28/h1-27,37,40H. The van der Waals surface area contributed by atoms with Gasteiger partial charge in [0.15, 0.2) is 0 Å².